The van der Waals surface area contributed by atoms with E-state index in [1.54, 1.807) is 6.07 Å². The van der Waals surface area contributed by atoms with Crippen molar-refractivity contribution >= 4 is 0 Å². The molecule has 0 saturated carbocycles. The lowest BCUT2D eigenvalue weighted by Gasteiger charge is -2.38. The van der Waals surface area contributed by atoms with Gasteiger partial charge in [-0.25, -0.2) is 4.39 Å². The smallest absolute Gasteiger partial charge is 0.123 e. The fraction of sp³-hybridized carbons (Fsp3) is 0.647. The second-order valence-corrected chi connectivity index (χ2v) is 5.49. The van der Waals surface area contributed by atoms with Gasteiger partial charge < -0.3 is 10.1 Å². The molecule has 0 aromatic heterocycles. The SMILES string of the molecule is CCCNC(c1ccc(F)cc1C)C(C)(CC)OCC. The molecule has 20 heavy (non-hydrogen) atoms. The van der Waals surface area contributed by atoms with E-state index in [1.165, 1.54) is 6.07 Å². The standard InChI is InChI=1S/C17H28FNO/c1-6-11-19-16(17(5,7-2)20-8-3)15-10-9-14(18)12-13(15)4/h9-10,12,16,19H,6-8,11H2,1-5H3. The Bertz CT molecular complexity index is 421. The molecule has 2 nitrogen and oxygen atoms in total. The minimum absolute atomic E-state index is 0.0769. The first-order chi connectivity index (χ1) is 9.48. The summed E-state index contributed by atoms with van der Waals surface area (Å²) in [6.07, 6.45) is 1.96. The molecule has 0 aliphatic rings. The molecule has 0 radical (unpaired) electrons. The van der Waals surface area contributed by atoms with Crippen LogP contribution in [0, 0.1) is 12.7 Å². The average molecular weight is 281 g/mol. The molecular weight excluding hydrogens is 253 g/mol. The molecule has 0 saturated heterocycles. The first kappa shape index (κ1) is 17.1. The highest BCUT2D eigenvalue weighted by Crippen LogP contribution is 2.34. The highest BCUT2D eigenvalue weighted by molar-refractivity contribution is 5.31. The van der Waals surface area contributed by atoms with Crippen molar-refractivity contribution in [2.24, 2.45) is 0 Å². The van der Waals surface area contributed by atoms with Crippen LogP contribution in [-0.2, 0) is 4.74 Å². The van der Waals surface area contributed by atoms with E-state index in [9.17, 15) is 4.39 Å². The molecule has 2 unspecified atom stereocenters. The Morgan fingerprint density at radius 3 is 2.50 bits per heavy atom. The lowest BCUT2D eigenvalue weighted by molar-refractivity contribution is -0.0564. The molecule has 0 spiro atoms. The van der Waals surface area contributed by atoms with Gasteiger partial charge in [0.05, 0.1) is 11.6 Å². The maximum absolute atomic E-state index is 13.3. The third-order valence-corrected chi connectivity index (χ3v) is 3.93. The van der Waals surface area contributed by atoms with Crippen LogP contribution >= 0.6 is 0 Å². The van der Waals surface area contributed by atoms with Crippen LogP contribution in [0.1, 0.15) is 57.7 Å². The third kappa shape index (κ3) is 4.03. The molecule has 0 fully saturated rings. The van der Waals surface area contributed by atoms with Gasteiger partial charge in [-0.05, 0) is 63.4 Å². The van der Waals surface area contributed by atoms with Crippen molar-refractivity contribution in [3.05, 3.63) is 35.1 Å². The normalized spacial score (nSPS) is 15.9. The predicted octanol–water partition coefficient (Wildman–Crippen LogP) is 4.38. The van der Waals surface area contributed by atoms with Crippen LogP contribution < -0.4 is 5.32 Å². The van der Waals surface area contributed by atoms with E-state index in [2.05, 4.69) is 26.1 Å². The van der Waals surface area contributed by atoms with Crippen molar-refractivity contribution < 1.29 is 9.13 Å². The summed E-state index contributed by atoms with van der Waals surface area (Å²) in [6, 6.07) is 5.08. The quantitative estimate of drug-likeness (QED) is 0.763. The van der Waals surface area contributed by atoms with E-state index < -0.39 is 0 Å². The minimum Gasteiger partial charge on any atom is -0.374 e. The predicted molar refractivity (Wildman–Crippen MR) is 82.5 cm³/mol. The number of aryl methyl sites for hydroxylation is 1. The second kappa shape index (κ2) is 7.75. The first-order valence-electron chi connectivity index (χ1n) is 7.61. The molecule has 0 amide bonds. The van der Waals surface area contributed by atoms with E-state index in [-0.39, 0.29) is 17.5 Å². The topological polar surface area (TPSA) is 21.3 Å². The lowest BCUT2D eigenvalue weighted by atomic mass is 9.85. The van der Waals surface area contributed by atoms with E-state index in [0.29, 0.717) is 6.61 Å². The molecule has 114 valence electrons. The van der Waals surface area contributed by atoms with Gasteiger partial charge in [-0.2, -0.15) is 0 Å². The van der Waals surface area contributed by atoms with Gasteiger partial charge in [0.25, 0.3) is 0 Å². The second-order valence-electron chi connectivity index (χ2n) is 5.49. The molecule has 1 N–H and O–H groups in total. The summed E-state index contributed by atoms with van der Waals surface area (Å²) < 4.78 is 19.4. The number of ether oxygens (including phenoxy) is 1. The summed E-state index contributed by atoms with van der Waals surface area (Å²) in [7, 11) is 0. The van der Waals surface area contributed by atoms with E-state index >= 15 is 0 Å². The summed E-state index contributed by atoms with van der Waals surface area (Å²) in [5, 5.41) is 3.57. The van der Waals surface area contributed by atoms with Gasteiger partial charge in [0.15, 0.2) is 0 Å². The maximum atomic E-state index is 13.3. The Hall–Kier alpha value is -0.930. The van der Waals surface area contributed by atoms with Gasteiger partial charge in [0.2, 0.25) is 0 Å². The van der Waals surface area contributed by atoms with Crippen molar-refractivity contribution in [2.75, 3.05) is 13.2 Å². The Morgan fingerprint density at radius 2 is 2.00 bits per heavy atom. The largest absolute Gasteiger partial charge is 0.374 e. The highest BCUT2D eigenvalue weighted by atomic mass is 19.1. The van der Waals surface area contributed by atoms with Crippen LogP contribution in [-0.4, -0.2) is 18.8 Å². The zero-order valence-corrected chi connectivity index (χ0v) is 13.4. The summed E-state index contributed by atoms with van der Waals surface area (Å²) in [6.45, 7) is 12.0. The zero-order chi connectivity index (χ0) is 15.2. The van der Waals surface area contributed by atoms with Crippen LogP contribution in [0.5, 0.6) is 0 Å². The van der Waals surface area contributed by atoms with Crippen molar-refractivity contribution in [1.82, 2.24) is 5.32 Å². The average Bonchev–Trinajstić information content (AvgIpc) is 2.41. The lowest BCUT2D eigenvalue weighted by Crippen LogP contribution is -2.44. The van der Waals surface area contributed by atoms with Crippen molar-refractivity contribution in [2.45, 2.75) is 59.1 Å². The maximum Gasteiger partial charge on any atom is 0.123 e. The van der Waals surface area contributed by atoms with Gasteiger partial charge >= 0.3 is 0 Å². The van der Waals surface area contributed by atoms with Gasteiger partial charge in [0, 0.05) is 6.61 Å². The molecular formula is C17H28FNO. The van der Waals surface area contributed by atoms with E-state index in [0.717, 1.165) is 30.5 Å². The van der Waals surface area contributed by atoms with Crippen LogP contribution in [0.15, 0.2) is 18.2 Å². The van der Waals surface area contributed by atoms with Gasteiger partial charge in [-0.1, -0.05) is 19.9 Å². The fourth-order valence-corrected chi connectivity index (χ4v) is 2.63. The first-order valence-corrected chi connectivity index (χ1v) is 7.61. The number of benzene rings is 1. The van der Waals surface area contributed by atoms with Gasteiger partial charge in [0.1, 0.15) is 5.82 Å². The number of hydrogen-bond donors (Lipinski definition) is 1. The summed E-state index contributed by atoms with van der Waals surface area (Å²) >= 11 is 0. The van der Waals surface area contributed by atoms with Gasteiger partial charge in [-0.15, -0.1) is 0 Å². The fourth-order valence-electron chi connectivity index (χ4n) is 2.63. The molecule has 1 aromatic rings. The molecule has 0 bridgehead atoms. The number of halogens is 1. The van der Waals surface area contributed by atoms with E-state index in [4.69, 9.17) is 4.74 Å². The monoisotopic (exact) mass is 281 g/mol. The highest BCUT2D eigenvalue weighted by Gasteiger charge is 2.34. The molecule has 1 aromatic carbocycles. The number of rotatable bonds is 8. The Kier molecular flexibility index (Phi) is 6.63. The van der Waals surface area contributed by atoms with Gasteiger partial charge in [-0.3, -0.25) is 0 Å². The summed E-state index contributed by atoms with van der Waals surface area (Å²) in [4.78, 5) is 0. The van der Waals surface area contributed by atoms with Crippen LogP contribution in [0.2, 0.25) is 0 Å². The number of nitrogens with one attached hydrogen (secondary N) is 1. The van der Waals surface area contributed by atoms with Crippen molar-refractivity contribution in [1.29, 1.82) is 0 Å². The van der Waals surface area contributed by atoms with Crippen molar-refractivity contribution in [3.63, 3.8) is 0 Å². The minimum atomic E-state index is -0.285. The molecule has 0 heterocycles. The molecule has 2 atom stereocenters. The van der Waals surface area contributed by atoms with Crippen molar-refractivity contribution in [3.8, 4) is 0 Å². The molecule has 1 rings (SSSR count). The van der Waals surface area contributed by atoms with Crippen LogP contribution in [0.4, 0.5) is 4.39 Å². The zero-order valence-electron chi connectivity index (χ0n) is 13.4. The molecule has 3 heteroatoms. The number of hydrogen-bond acceptors (Lipinski definition) is 2. The summed E-state index contributed by atoms with van der Waals surface area (Å²) in [5.74, 6) is -0.185. The Morgan fingerprint density at radius 1 is 1.30 bits per heavy atom. The van der Waals surface area contributed by atoms with E-state index in [1.807, 2.05) is 19.9 Å². The Balaban J connectivity index is 3.16. The molecule has 0 aliphatic carbocycles. The van der Waals surface area contributed by atoms with Crippen LogP contribution in [0.25, 0.3) is 0 Å². The third-order valence-electron chi connectivity index (χ3n) is 3.93. The summed E-state index contributed by atoms with van der Waals surface area (Å²) in [5.41, 5.74) is 1.81. The van der Waals surface area contributed by atoms with Crippen LogP contribution in [0.3, 0.4) is 0 Å². The Labute approximate surface area is 122 Å². The molecule has 0 aliphatic heterocycles.